The predicted octanol–water partition coefficient (Wildman–Crippen LogP) is 20.9. The van der Waals surface area contributed by atoms with Gasteiger partial charge in [0.25, 0.3) is 23.6 Å². The Hall–Kier alpha value is -16.7. The summed E-state index contributed by atoms with van der Waals surface area (Å²) < 4.78 is 40.6. The molecule has 0 aliphatic heterocycles. The average molecular weight is 1960 g/mol. The Balaban J connectivity index is 0.000000126. The minimum absolute atomic E-state index is 0.115. The third-order valence-corrected chi connectivity index (χ3v) is 26.5. The zero-order valence-electron chi connectivity index (χ0n) is 81.4. The molecule has 21 rings (SSSR count). The molecule has 0 radical (unpaired) electrons. The molecule has 0 unspecified atom stereocenters. The first-order chi connectivity index (χ1) is 70.2. The summed E-state index contributed by atoms with van der Waals surface area (Å²) >= 11 is 6.44. The number of nitrogens with zero attached hydrogens (tertiary/aromatic N) is 9. The monoisotopic (exact) mass is 1960 g/mol. The number of H-pyrrole nitrogens is 3. The standard InChI is InChI=1S/C29H29N5O4.C27H30N6O3.C26H26ClN5O3.C26H29N7O2/c1-16-31-23-14-17(9-13-24(23)37-16)20-10-12-22-26(20)28(38-19-6-4-5-7-19)34-29(33-22)32-21-11-8-18(27(35)30-2)15-25(21)36-3;1-28-26(35)17-10-13-21(22(14-17)36-2)31-27-32-24-23(25(33-27)30-18-6-4-3-5-7-18)20(15-29-24)16-8-11-19(34)12-9-16;1-28-24(33)16-10-11-21(20(27)13-16)30-26-31-23-22(25(32-26)35-17-7-3-4-8-17)19(14-29-23)15-6-5-9-18(12-15)34-2;1-28-25(34)16-9-12-20(21(13-16)35-2)31-26-32-23-22(24(33-26)30-18-5-3-4-6-18)19(14-29-23)15-7-10-17(27)11-8-15/h8-11,13-15,19H,4-7,12H2,1-3H3,(H,30,35)(H,32,33,34);8-15,18,34H,3-7H2,1-2H3,(H,28,35)(H3,29,30,31,32,33);5-6,9-14,17H,3-4,7-8H2,1-2H3,(H,28,33)(H2,29,30,31,32);7-14,18H,3-6,27H2,1-2H3,(H,28,34)(H3,29,30,31,32,33). The van der Waals surface area contributed by atoms with Crippen molar-refractivity contribution in [1.82, 2.24) is 81.1 Å². The van der Waals surface area contributed by atoms with Crippen LogP contribution >= 0.6 is 11.6 Å². The number of benzene rings is 8. The number of anilines is 11. The molecule has 4 saturated carbocycles. The third-order valence-electron chi connectivity index (χ3n) is 26.2. The number of hydrogen-bond donors (Lipinski definition) is 15. The van der Waals surface area contributed by atoms with Crippen LogP contribution in [-0.2, 0) is 6.42 Å². The number of nitrogen functional groups attached to an aromatic ring is 1. The number of carbonyl (C=O) groups is 4. The molecule has 5 aliphatic carbocycles. The van der Waals surface area contributed by atoms with Crippen LogP contribution in [0.2, 0.25) is 5.02 Å². The highest BCUT2D eigenvalue weighted by Crippen LogP contribution is 2.46. The fraction of sp³-hybridized carbons (Fsp3) is 0.287. The summed E-state index contributed by atoms with van der Waals surface area (Å²) in [7, 11) is 12.7. The number of phenolic OH excluding ortho intramolecular Hbond substituents is 1. The van der Waals surface area contributed by atoms with Crippen molar-refractivity contribution in [2.45, 2.75) is 147 Å². The van der Waals surface area contributed by atoms with Crippen molar-refractivity contribution in [2.75, 3.05) is 94.3 Å². The number of aromatic amines is 3. The smallest absolute Gasteiger partial charge is 0.251 e. The SMILES string of the molecule is CNC(=O)c1ccc(Nc2nc(NC3CCCC3)c3c(-c4ccc(N)cc4)c[nH]c3n2)c(OC)c1.CNC(=O)c1ccc(Nc2nc(NC3CCCCC3)c3c(-c4ccc(O)cc4)c[nH]c3n2)c(OC)c1.CNC(=O)c1ccc(Nc2nc(OC3CCCC3)c3c(-c4cccc(OC)c4)c[nH]c3n2)c(Cl)c1.CNC(=O)c1ccc(Nc2nc3c(c(OC4CCCC4)n2)C(c2ccc4oc(C)nc4c2)=CC3)c(OC)c1. The Morgan fingerprint density at radius 3 is 1.33 bits per heavy atom. The van der Waals surface area contributed by atoms with Crippen LogP contribution in [0.25, 0.3) is 83.2 Å². The van der Waals surface area contributed by atoms with Crippen molar-refractivity contribution in [3.8, 4) is 73.9 Å². The maximum absolute atomic E-state index is 12.1. The Labute approximate surface area is 835 Å². The number of nitrogens with one attached hydrogen (secondary N) is 13. The average Bonchev–Trinajstić information content (AvgIpc) is 1.62. The molecule has 8 aromatic carbocycles. The number of carbonyl (C=O) groups excluding carboxylic acids is 4. The van der Waals surface area contributed by atoms with Gasteiger partial charge in [0.15, 0.2) is 11.5 Å². The molecule has 0 saturated heterocycles. The predicted molar refractivity (Wildman–Crippen MR) is 561 cm³/mol. The maximum atomic E-state index is 12.1. The quantitative estimate of drug-likeness (QED) is 0.0203. The largest absolute Gasteiger partial charge is 0.508 e. The van der Waals surface area contributed by atoms with E-state index in [1.54, 1.807) is 142 Å². The molecule has 4 fully saturated rings. The van der Waals surface area contributed by atoms with Crippen molar-refractivity contribution in [1.29, 1.82) is 0 Å². The number of methoxy groups -OCH3 is 4. The Morgan fingerprint density at radius 2 is 0.847 bits per heavy atom. The van der Waals surface area contributed by atoms with E-state index in [1.165, 1.54) is 32.1 Å². The third kappa shape index (κ3) is 22.2. The van der Waals surface area contributed by atoms with E-state index >= 15 is 0 Å². The number of ether oxygens (including phenoxy) is 6. The van der Waals surface area contributed by atoms with Crippen molar-refractivity contribution in [3.05, 3.63) is 238 Å². The lowest BCUT2D eigenvalue weighted by Gasteiger charge is -2.24. The van der Waals surface area contributed by atoms with Gasteiger partial charge in [-0.15, -0.1) is 0 Å². The van der Waals surface area contributed by atoms with Gasteiger partial charge in [-0.1, -0.05) is 92.2 Å². The number of amides is 4. The lowest BCUT2D eigenvalue weighted by atomic mass is 9.95. The fourth-order valence-corrected chi connectivity index (χ4v) is 19.0. The first-order valence-corrected chi connectivity index (χ1v) is 48.7. The van der Waals surface area contributed by atoms with Crippen LogP contribution in [0.3, 0.4) is 0 Å². The van der Waals surface area contributed by atoms with Gasteiger partial charge in [-0.2, -0.15) is 34.9 Å². The summed E-state index contributed by atoms with van der Waals surface area (Å²) in [4.78, 5) is 101. The summed E-state index contributed by atoms with van der Waals surface area (Å²) in [6.07, 6.45) is 28.0. The highest BCUT2D eigenvalue weighted by atomic mass is 35.5. The van der Waals surface area contributed by atoms with Gasteiger partial charge in [0, 0.05) is 117 Å². The van der Waals surface area contributed by atoms with Gasteiger partial charge in [0.1, 0.15) is 75.0 Å². The van der Waals surface area contributed by atoms with E-state index in [9.17, 15) is 24.3 Å². The van der Waals surface area contributed by atoms with Crippen molar-refractivity contribution in [3.63, 3.8) is 0 Å². The highest BCUT2D eigenvalue weighted by Gasteiger charge is 2.32. The topological polar surface area (TPSA) is 467 Å². The molecule has 4 amide bonds. The van der Waals surface area contributed by atoms with Crippen LogP contribution in [0.4, 0.5) is 63.9 Å². The number of aryl methyl sites for hydroxylation is 1. The number of hydrogen-bond acceptors (Lipinski definition) is 28. The Kier molecular flexibility index (Phi) is 30.1. The van der Waals surface area contributed by atoms with E-state index in [-0.39, 0.29) is 41.6 Å². The maximum Gasteiger partial charge on any atom is 0.251 e. The normalized spacial score (nSPS) is 14.1. The van der Waals surface area contributed by atoms with Crippen LogP contribution in [0.5, 0.6) is 40.5 Å². The van der Waals surface area contributed by atoms with Crippen LogP contribution in [-0.4, -0.2) is 169 Å². The van der Waals surface area contributed by atoms with Gasteiger partial charge in [0.05, 0.1) is 83.6 Å². The number of oxazole rings is 1. The van der Waals surface area contributed by atoms with Crippen molar-refractivity contribution < 1.29 is 57.1 Å². The summed E-state index contributed by atoms with van der Waals surface area (Å²) in [5.74, 6) is 6.62. The molecule has 36 heteroatoms. The molecule has 16 aromatic rings. The van der Waals surface area contributed by atoms with Gasteiger partial charge < -0.3 is 112 Å². The lowest BCUT2D eigenvalue weighted by Crippen LogP contribution is -2.23. The molecule has 5 aliphatic rings. The first-order valence-electron chi connectivity index (χ1n) is 48.3. The molecular formula is C108H114ClN23O12. The molecular weight excluding hydrogens is 1850 g/mol. The van der Waals surface area contributed by atoms with Crippen LogP contribution in [0, 0.1) is 6.92 Å². The van der Waals surface area contributed by atoms with Crippen LogP contribution in [0.1, 0.15) is 173 Å². The number of aromatic nitrogens is 12. The molecule has 0 bridgehead atoms. The number of aromatic hydroxyl groups is 1. The van der Waals surface area contributed by atoms with E-state index in [0.717, 1.165) is 189 Å². The molecule has 740 valence electrons. The van der Waals surface area contributed by atoms with Gasteiger partial charge in [-0.05, 0) is 226 Å². The number of fused-ring (bicyclic) bond motifs is 5. The van der Waals surface area contributed by atoms with E-state index in [2.05, 4.69) is 84.2 Å². The lowest BCUT2D eigenvalue weighted by molar-refractivity contribution is 0.0955. The first kappa shape index (κ1) is 97.5. The Morgan fingerprint density at radius 1 is 0.424 bits per heavy atom. The summed E-state index contributed by atoms with van der Waals surface area (Å²) in [5.41, 5.74) is 24.5. The van der Waals surface area contributed by atoms with Gasteiger partial charge >= 0.3 is 0 Å². The summed E-state index contributed by atoms with van der Waals surface area (Å²) in [6, 6.07) is 50.1. The second-order valence-electron chi connectivity index (χ2n) is 35.6. The highest BCUT2D eigenvalue weighted by molar-refractivity contribution is 6.33. The van der Waals surface area contributed by atoms with E-state index in [1.807, 2.05) is 104 Å². The van der Waals surface area contributed by atoms with Crippen molar-refractivity contribution >= 4 is 149 Å². The molecule has 144 heavy (non-hydrogen) atoms. The number of rotatable bonds is 28. The molecule has 35 nitrogen and oxygen atoms in total. The summed E-state index contributed by atoms with van der Waals surface area (Å²) in [6.45, 7) is 1.85. The van der Waals surface area contributed by atoms with Crippen LogP contribution in [0.15, 0.2) is 193 Å². The van der Waals surface area contributed by atoms with Crippen molar-refractivity contribution in [2.24, 2.45) is 0 Å². The van der Waals surface area contributed by atoms with E-state index in [0.29, 0.717) is 139 Å². The number of halogens is 1. The molecule has 0 spiro atoms. The van der Waals surface area contributed by atoms with E-state index in [4.69, 9.17) is 85.1 Å². The van der Waals surface area contributed by atoms with Gasteiger partial charge in [0.2, 0.25) is 35.6 Å². The zero-order valence-corrected chi connectivity index (χ0v) is 82.1. The van der Waals surface area contributed by atoms with Crippen LogP contribution < -0.4 is 87.3 Å². The molecule has 8 heterocycles. The van der Waals surface area contributed by atoms with E-state index < -0.39 is 0 Å². The fourth-order valence-electron chi connectivity index (χ4n) is 18.8. The molecule has 0 atom stereocenters. The minimum Gasteiger partial charge on any atom is -0.508 e. The van der Waals surface area contributed by atoms with Gasteiger partial charge in [-0.3, -0.25) is 19.2 Å². The second kappa shape index (κ2) is 44.4. The number of allylic oxidation sites excluding steroid dienone is 1. The minimum atomic E-state index is -0.208. The zero-order chi connectivity index (χ0) is 100. The number of phenols is 1. The van der Waals surface area contributed by atoms with Gasteiger partial charge in [-0.25, -0.2) is 9.97 Å². The Bertz CT molecular complexity index is 7430. The summed E-state index contributed by atoms with van der Waals surface area (Å²) in [5, 5.41) is 43.6. The molecule has 8 aromatic heterocycles. The number of nitrogens with two attached hydrogens (primary N) is 1. The molecule has 16 N–H and O–H groups in total. The second-order valence-corrected chi connectivity index (χ2v) is 36.1.